The Bertz CT molecular complexity index is 1090. The Morgan fingerprint density at radius 2 is 1.90 bits per heavy atom. The molecule has 4 nitrogen and oxygen atoms in total. The Kier molecular flexibility index (Phi) is 5.62. The first-order valence-corrected chi connectivity index (χ1v) is 10.4. The van der Waals surface area contributed by atoms with Crippen LogP contribution in [0.15, 0.2) is 53.3 Å². The van der Waals surface area contributed by atoms with Crippen molar-refractivity contribution in [2.45, 2.75) is 45.2 Å². The third-order valence-electron chi connectivity index (χ3n) is 5.54. The van der Waals surface area contributed by atoms with E-state index in [2.05, 4.69) is 21.3 Å². The van der Waals surface area contributed by atoms with Crippen LogP contribution in [0.25, 0.3) is 10.9 Å². The minimum atomic E-state index is -0.285. The van der Waals surface area contributed by atoms with E-state index in [4.69, 9.17) is 12.2 Å². The molecule has 0 spiro atoms. The second-order valence-corrected chi connectivity index (χ2v) is 8.10. The quantitative estimate of drug-likeness (QED) is 0.588. The fourth-order valence-corrected chi connectivity index (χ4v) is 4.31. The summed E-state index contributed by atoms with van der Waals surface area (Å²) < 4.78 is 13.2. The van der Waals surface area contributed by atoms with Gasteiger partial charge in [0.05, 0.1) is 6.54 Å². The van der Waals surface area contributed by atoms with Crippen LogP contribution >= 0.6 is 12.2 Å². The number of anilines is 1. The van der Waals surface area contributed by atoms with Gasteiger partial charge in [0.15, 0.2) is 5.11 Å². The van der Waals surface area contributed by atoms with Crippen LogP contribution in [0.4, 0.5) is 10.1 Å². The molecule has 2 N–H and O–H groups in total. The van der Waals surface area contributed by atoms with Crippen LogP contribution in [0.2, 0.25) is 0 Å². The summed E-state index contributed by atoms with van der Waals surface area (Å²) in [5, 5.41) is 4.79. The molecule has 1 aliphatic rings. The van der Waals surface area contributed by atoms with E-state index < -0.39 is 0 Å². The second kappa shape index (κ2) is 8.33. The zero-order valence-corrected chi connectivity index (χ0v) is 17.2. The first-order valence-electron chi connectivity index (χ1n) is 9.95. The molecule has 1 aliphatic carbocycles. The van der Waals surface area contributed by atoms with Gasteiger partial charge in [0.25, 0.3) is 5.56 Å². The summed E-state index contributed by atoms with van der Waals surface area (Å²) >= 11 is 5.69. The van der Waals surface area contributed by atoms with Gasteiger partial charge >= 0.3 is 0 Å². The normalized spacial score (nSPS) is 14.3. The van der Waals surface area contributed by atoms with Gasteiger partial charge in [0.2, 0.25) is 0 Å². The Morgan fingerprint density at radius 3 is 2.62 bits per heavy atom. The van der Waals surface area contributed by atoms with Crippen molar-refractivity contribution in [2.24, 2.45) is 0 Å². The highest BCUT2D eigenvalue weighted by Gasteiger charge is 2.25. The van der Waals surface area contributed by atoms with Crippen molar-refractivity contribution in [3.63, 3.8) is 0 Å². The predicted molar refractivity (Wildman–Crippen MR) is 120 cm³/mol. The zero-order valence-electron chi connectivity index (χ0n) is 16.4. The van der Waals surface area contributed by atoms with Crippen LogP contribution < -0.4 is 10.9 Å². The summed E-state index contributed by atoms with van der Waals surface area (Å²) in [6, 6.07) is 14.4. The SMILES string of the molecule is Cc1ccc2[nH]c(=O)c(CN(C(=S)Nc3ccc(F)cc3)C3CCCC3)cc2c1. The number of thiocarbonyl (C=S) groups is 1. The average Bonchev–Trinajstić information content (AvgIpc) is 3.22. The number of aromatic amines is 1. The molecule has 4 rings (SSSR count). The van der Waals surface area contributed by atoms with Crippen molar-refractivity contribution in [1.29, 1.82) is 0 Å². The molecule has 1 heterocycles. The lowest BCUT2D eigenvalue weighted by Crippen LogP contribution is -2.42. The van der Waals surface area contributed by atoms with Crippen LogP contribution in [-0.2, 0) is 6.54 Å². The minimum absolute atomic E-state index is 0.0890. The highest BCUT2D eigenvalue weighted by atomic mass is 32.1. The number of halogens is 1. The third kappa shape index (κ3) is 4.48. The molecule has 150 valence electrons. The van der Waals surface area contributed by atoms with Crippen molar-refractivity contribution in [1.82, 2.24) is 9.88 Å². The first-order chi connectivity index (χ1) is 14.0. The Labute approximate surface area is 174 Å². The lowest BCUT2D eigenvalue weighted by atomic mass is 10.1. The van der Waals surface area contributed by atoms with Crippen LogP contribution in [0.3, 0.4) is 0 Å². The largest absolute Gasteiger partial charge is 0.342 e. The lowest BCUT2D eigenvalue weighted by Gasteiger charge is -2.31. The van der Waals surface area contributed by atoms with Crippen LogP contribution in [-0.4, -0.2) is 21.0 Å². The van der Waals surface area contributed by atoms with E-state index in [0.29, 0.717) is 23.3 Å². The van der Waals surface area contributed by atoms with E-state index in [-0.39, 0.29) is 11.4 Å². The van der Waals surface area contributed by atoms with E-state index in [1.807, 2.05) is 25.1 Å². The van der Waals surface area contributed by atoms with Gasteiger partial charge in [0.1, 0.15) is 5.82 Å². The van der Waals surface area contributed by atoms with E-state index >= 15 is 0 Å². The smallest absolute Gasteiger partial charge is 0.253 e. The maximum atomic E-state index is 13.2. The van der Waals surface area contributed by atoms with Crippen LogP contribution in [0.5, 0.6) is 0 Å². The van der Waals surface area contributed by atoms with Gasteiger partial charge in [-0.05, 0) is 79.8 Å². The molecule has 0 bridgehead atoms. The number of nitrogens with one attached hydrogen (secondary N) is 2. The summed E-state index contributed by atoms with van der Waals surface area (Å²) in [7, 11) is 0. The number of benzene rings is 2. The molecular weight excluding hydrogens is 385 g/mol. The molecule has 0 radical (unpaired) electrons. The Balaban J connectivity index is 1.62. The van der Waals surface area contributed by atoms with Crippen molar-refractivity contribution in [3.8, 4) is 0 Å². The number of aryl methyl sites for hydroxylation is 1. The number of hydrogen-bond donors (Lipinski definition) is 2. The van der Waals surface area contributed by atoms with Gasteiger partial charge in [-0.1, -0.05) is 24.5 Å². The number of aromatic nitrogens is 1. The van der Waals surface area contributed by atoms with E-state index in [9.17, 15) is 9.18 Å². The number of H-pyrrole nitrogens is 1. The number of fused-ring (bicyclic) bond motifs is 1. The second-order valence-electron chi connectivity index (χ2n) is 7.72. The maximum Gasteiger partial charge on any atom is 0.253 e. The summed E-state index contributed by atoms with van der Waals surface area (Å²) in [6.07, 6.45) is 4.42. The zero-order chi connectivity index (χ0) is 20.4. The molecule has 0 amide bonds. The van der Waals surface area contributed by atoms with E-state index in [1.165, 1.54) is 12.1 Å². The molecule has 3 aromatic rings. The molecule has 1 aromatic heterocycles. The molecule has 0 atom stereocenters. The lowest BCUT2D eigenvalue weighted by molar-refractivity contribution is 0.311. The van der Waals surface area contributed by atoms with E-state index in [1.54, 1.807) is 12.1 Å². The number of nitrogens with zero attached hydrogens (tertiary/aromatic N) is 1. The third-order valence-corrected chi connectivity index (χ3v) is 5.88. The van der Waals surface area contributed by atoms with Crippen molar-refractivity contribution < 1.29 is 4.39 Å². The fourth-order valence-electron chi connectivity index (χ4n) is 3.98. The van der Waals surface area contributed by atoms with Gasteiger partial charge in [0, 0.05) is 22.8 Å². The maximum absolute atomic E-state index is 13.2. The average molecular weight is 410 g/mol. The molecule has 2 aromatic carbocycles. The summed E-state index contributed by atoms with van der Waals surface area (Å²) in [5.41, 5.74) is 3.33. The molecule has 0 aliphatic heterocycles. The highest BCUT2D eigenvalue weighted by molar-refractivity contribution is 7.80. The molecule has 6 heteroatoms. The number of hydrogen-bond acceptors (Lipinski definition) is 2. The summed E-state index contributed by atoms with van der Waals surface area (Å²) in [4.78, 5) is 17.8. The monoisotopic (exact) mass is 409 g/mol. The molecule has 1 saturated carbocycles. The molecule has 1 fully saturated rings. The molecular formula is C23H24FN3OS. The Hall–Kier alpha value is -2.73. The first kappa shape index (κ1) is 19.6. The van der Waals surface area contributed by atoms with Crippen LogP contribution in [0, 0.1) is 12.7 Å². The fraction of sp³-hybridized carbons (Fsp3) is 0.304. The van der Waals surface area contributed by atoms with Crippen molar-refractivity contribution in [3.05, 3.63) is 75.8 Å². The molecule has 0 saturated heterocycles. The topological polar surface area (TPSA) is 48.1 Å². The molecule has 29 heavy (non-hydrogen) atoms. The number of pyridine rings is 1. The van der Waals surface area contributed by atoms with Crippen molar-refractivity contribution in [2.75, 3.05) is 5.32 Å². The highest BCUT2D eigenvalue weighted by Crippen LogP contribution is 2.26. The Morgan fingerprint density at radius 1 is 1.17 bits per heavy atom. The van der Waals surface area contributed by atoms with E-state index in [0.717, 1.165) is 47.8 Å². The van der Waals surface area contributed by atoms with Crippen LogP contribution in [0.1, 0.15) is 36.8 Å². The summed E-state index contributed by atoms with van der Waals surface area (Å²) in [6.45, 7) is 2.48. The standard InChI is InChI=1S/C23H24FN3OS/c1-15-6-11-21-16(12-15)13-17(22(28)26-21)14-27(20-4-2-3-5-20)23(29)25-19-9-7-18(24)8-10-19/h6-13,20H,2-5,14H2,1H3,(H,25,29)(H,26,28). The van der Waals surface area contributed by atoms with Gasteiger partial charge in [-0.25, -0.2) is 4.39 Å². The van der Waals surface area contributed by atoms with Crippen molar-refractivity contribution >= 4 is 33.9 Å². The van der Waals surface area contributed by atoms with Gasteiger partial charge < -0.3 is 15.2 Å². The molecule has 0 unspecified atom stereocenters. The summed E-state index contributed by atoms with van der Waals surface area (Å²) in [5.74, 6) is -0.285. The predicted octanol–water partition coefficient (Wildman–Crippen LogP) is 5.12. The van der Waals surface area contributed by atoms with Gasteiger partial charge in [-0.15, -0.1) is 0 Å². The van der Waals surface area contributed by atoms with Gasteiger partial charge in [-0.2, -0.15) is 0 Å². The number of rotatable bonds is 4. The minimum Gasteiger partial charge on any atom is -0.342 e. The van der Waals surface area contributed by atoms with Gasteiger partial charge in [-0.3, -0.25) is 4.79 Å².